The van der Waals surface area contributed by atoms with Gasteiger partial charge in [0.1, 0.15) is 5.82 Å². The number of carbonyl (C=O) groups excluding carboxylic acids is 1. The number of rotatable bonds is 8. The molecule has 1 saturated carbocycles. The average Bonchev–Trinajstić information content (AvgIpc) is 3.40. The minimum atomic E-state index is -0.284. The highest BCUT2D eigenvalue weighted by molar-refractivity contribution is 6.07. The Bertz CT molecular complexity index is 1310. The van der Waals surface area contributed by atoms with Crippen molar-refractivity contribution >= 4 is 17.3 Å². The second-order valence-corrected chi connectivity index (χ2v) is 11.3. The van der Waals surface area contributed by atoms with Crippen LogP contribution in [-0.2, 0) is 17.7 Å². The molecule has 0 bridgehead atoms. The third kappa shape index (κ3) is 5.45. The van der Waals surface area contributed by atoms with E-state index in [4.69, 9.17) is 4.74 Å². The topological polar surface area (TPSA) is 36.0 Å². The van der Waals surface area contributed by atoms with Crippen LogP contribution < -0.4 is 9.80 Å². The van der Waals surface area contributed by atoms with Crippen LogP contribution in [0.25, 0.3) is 0 Å². The minimum absolute atomic E-state index is 0.0514. The number of hydrogen-bond donors (Lipinski definition) is 0. The Kier molecular flexibility index (Phi) is 7.41. The molecule has 3 fully saturated rings. The molecule has 0 spiro atoms. The summed E-state index contributed by atoms with van der Waals surface area (Å²) in [5, 5.41) is 0. The lowest BCUT2D eigenvalue weighted by Gasteiger charge is -2.30. The first-order chi connectivity index (χ1) is 19.0. The maximum Gasteiger partial charge on any atom is 0.258 e. The Morgan fingerprint density at radius 1 is 0.974 bits per heavy atom. The molecular formula is C33H38FN3O2. The Labute approximate surface area is 231 Å². The number of likely N-dealkylation sites (tertiary alicyclic amines) is 1. The summed E-state index contributed by atoms with van der Waals surface area (Å²) in [7, 11) is 0. The summed E-state index contributed by atoms with van der Waals surface area (Å²) >= 11 is 0. The Balaban J connectivity index is 1.18. The summed E-state index contributed by atoms with van der Waals surface area (Å²) in [5.41, 5.74) is 5.56. The zero-order valence-corrected chi connectivity index (χ0v) is 23.0. The predicted octanol–water partition coefficient (Wildman–Crippen LogP) is 5.56. The van der Waals surface area contributed by atoms with E-state index in [1.807, 2.05) is 53.1 Å². The van der Waals surface area contributed by atoms with Crippen LogP contribution in [0.2, 0.25) is 0 Å². The molecule has 5 nitrogen and oxygen atoms in total. The van der Waals surface area contributed by atoms with Crippen LogP contribution in [0.3, 0.4) is 0 Å². The normalized spacial score (nSPS) is 22.5. The molecule has 204 valence electrons. The van der Waals surface area contributed by atoms with Crippen molar-refractivity contribution in [3.05, 3.63) is 94.8 Å². The number of carbonyl (C=O) groups is 1. The number of nitrogens with zero attached hydrogens (tertiary/aromatic N) is 3. The number of ether oxygens (including phenoxy) is 1. The number of amides is 1. The van der Waals surface area contributed by atoms with E-state index < -0.39 is 0 Å². The molecule has 1 amide bonds. The van der Waals surface area contributed by atoms with E-state index in [9.17, 15) is 4.79 Å². The van der Waals surface area contributed by atoms with Gasteiger partial charge in [-0.1, -0.05) is 49.4 Å². The number of fused-ring (bicyclic) bond motifs is 1. The molecule has 0 N–H and O–H groups in total. The second kappa shape index (κ2) is 11.1. The van der Waals surface area contributed by atoms with Crippen molar-refractivity contribution < 1.29 is 13.9 Å². The number of hydrogen-bond acceptors (Lipinski definition) is 4. The lowest BCUT2D eigenvalue weighted by Crippen LogP contribution is -2.37. The molecule has 2 heterocycles. The molecule has 6 heteroatoms. The quantitative estimate of drug-likeness (QED) is 0.385. The van der Waals surface area contributed by atoms with Gasteiger partial charge in [-0.2, -0.15) is 0 Å². The lowest BCUT2D eigenvalue weighted by atomic mass is 10.1. The van der Waals surface area contributed by atoms with Crippen LogP contribution >= 0.6 is 0 Å². The maximum absolute atomic E-state index is 15.4. The molecule has 1 aliphatic carbocycles. The van der Waals surface area contributed by atoms with Crippen molar-refractivity contribution in [2.45, 2.75) is 26.8 Å². The van der Waals surface area contributed by atoms with Crippen molar-refractivity contribution in [2.24, 2.45) is 17.8 Å². The zero-order chi connectivity index (χ0) is 26.9. The molecule has 2 atom stereocenters. The standard InChI is InChI=1S/C33H38FN3O2/c1-3-24-8-10-25(11-9-24)19-35-20-28-29(21-35)30(28)22-37(33(38)27-7-5-4-6-23(27)2)26-12-13-32(31(34)18-26)36-14-16-39-17-15-36/h4-13,18,28-30H,3,14-17,19-22H2,1-2H3. The van der Waals surface area contributed by atoms with Gasteiger partial charge < -0.3 is 14.5 Å². The Morgan fingerprint density at radius 2 is 1.67 bits per heavy atom. The van der Waals surface area contributed by atoms with Crippen LogP contribution in [0.1, 0.15) is 34.0 Å². The van der Waals surface area contributed by atoms with E-state index >= 15 is 4.39 Å². The molecule has 2 saturated heterocycles. The fraction of sp³-hybridized carbons (Fsp3) is 0.424. The van der Waals surface area contributed by atoms with Gasteiger partial charge in [-0.3, -0.25) is 9.69 Å². The predicted molar refractivity (Wildman–Crippen MR) is 154 cm³/mol. The largest absolute Gasteiger partial charge is 0.378 e. The molecule has 3 aliphatic rings. The molecule has 0 aromatic heterocycles. The minimum Gasteiger partial charge on any atom is -0.378 e. The van der Waals surface area contributed by atoms with E-state index in [1.54, 1.807) is 6.07 Å². The number of halogens is 1. The monoisotopic (exact) mass is 527 g/mol. The molecule has 6 rings (SSSR count). The summed E-state index contributed by atoms with van der Waals surface area (Å²) in [4.78, 5) is 20.3. The molecule has 2 unspecified atom stereocenters. The maximum atomic E-state index is 15.4. The summed E-state index contributed by atoms with van der Waals surface area (Å²) < 4.78 is 20.8. The number of aryl methyl sites for hydroxylation is 2. The molecule has 39 heavy (non-hydrogen) atoms. The van der Waals surface area contributed by atoms with Gasteiger partial charge in [0.15, 0.2) is 0 Å². The third-order valence-corrected chi connectivity index (χ3v) is 8.89. The molecule has 2 aliphatic heterocycles. The van der Waals surface area contributed by atoms with E-state index in [-0.39, 0.29) is 11.7 Å². The van der Waals surface area contributed by atoms with Crippen molar-refractivity contribution in [3.63, 3.8) is 0 Å². The summed E-state index contributed by atoms with van der Waals surface area (Å²) in [6, 6.07) is 21.9. The highest BCUT2D eigenvalue weighted by Gasteiger charge is 2.56. The zero-order valence-electron chi connectivity index (χ0n) is 23.0. The Morgan fingerprint density at radius 3 is 2.33 bits per heavy atom. The van der Waals surface area contributed by atoms with Gasteiger partial charge in [-0.05, 0) is 72.1 Å². The second-order valence-electron chi connectivity index (χ2n) is 11.3. The van der Waals surface area contributed by atoms with E-state index in [0.717, 1.165) is 31.6 Å². The molecular weight excluding hydrogens is 489 g/mol. The summed E-state index contributed by atoms with van der Waals surface area (Å²) in [6.07, 6.45) is 1.06. The van der Waals surface area contributed by atoms with Gasteiger partial charge >= 0.3 is 0 Å². The fourth-order valence-electron chi connectivity index (χ4n) is 6.47. The highest BCUT2D eigenvalue weighted by atomic mass is 19.1. The first kappa shape index (κ1) is 26.0. The van der Waals surface area contributed by atoms with Gasteiger partial charge in [0.25, 0.3) is 5.91 Å². The van der Waals surface area contributed by atoms with Gasteiger partial charge in [0.2, 0.25) is 0 Å². The molecule has 0 radical (unpaired) electrons. The number of piperidine rings is 1. The van der Waals surface area contributed by atoms with Crippen molar-refractivity contribution in [3.8, 4) is 0 Å². The summed E-state index contributed by atoms with van der Waals surface area (Å²) in [6.45, 7) is 10.4. The smallest absolute Gasteiger partial charge is 0.258 e. The molecule has 3 aromatic rings. The number of benzene rings is 3. The van der Waals surface area contributed by atoms with Crippen molar-refractivity contribution in [1.82, 2.24) is 4.90 Å². The number of anilines is 2. The van der Waals surface area contributed by atoms with Gasteiger partial charge in [0, 0.05) is 50.5 Å². The van der Waals surface area contributed by atoms with Crippen LogP contribution in [-0.4, -0.2) is 56.7 Å². The Hall–Kier alpha value is -3.22. The van der Waals surface area contributed by atoms with Crippen molar-refractivity contribution in [2.75, 3.05) is 55.7 Å². The lowest BCUT2D eigenvalue weighted by molar-refractivity contribution is 0.0983. The van der Waals surface area contributed by atoms with E-state index in [1.165, 1.54) is 11.1 Å². The van der Waals surface area contributed by atoms with Crippen LogP contribution in [0, 0.1) is 30.5 Å². The highest BCUT2D eigenvalue weighted by Crippen LogP contribution is 2.52. The van der Waals surface area contributed by atoms with Gasteiger partial charge in [-0.25, -0.2) is 4.39 Å². The molecule has 3 aromatic carbocycles. The number of morpholine rings is 1. The van der Waals surface area contributed by atoms with Crippen LogP contribution in [0.4, 0.5) is 15.8 Å². The first-order valence-electron chi connectivity index (χ1n) is 14.3. The van der Waals surface area contributed by atoms with E-state index in [2.05, 4.69) is 36.1 Å². The van der Waals surface area contributed by atoms with Gasteiger partial charge in [0.05, 0.1) is 18.9 Å². The third-order valence-electron chi connectivity index (χ3n) is 8.89. The first-order valence-corrected chi connectivity index (χ1v) is 14.3. The summed E-state index contributed by atoms with van der Waals surface area (Å²) in [5.74, 6) is 1.28. The SMILES string of the molecule is CCc1ccc(CN2CC3C(C2)C3CN(C(=O)c2ccccc2C)c2ccc(N3CCOCC3)c(F)c2)cc1. The van der Waals surface area contributed by atoms with Crippen LogP contribution in [0.5, 0.6) is 0 Å². The fourth-order valence-corrected chi connectivity index (χ4v) is 6.47. The average molecular weight is 528 g/mol. The van der Waals surface area contributed by atoms with E-state index in [0.29, 0.717) is 67.5 Å². The van der Waals surface area contributed by atoms with Crippen LogP contribution in [0.15, 0.2) is 66.7 Å². The van der Waals surface area contributed by atoms with Gasteiger partial charge in [-0.15, -0.1) is 0 Å². The van der Waals surface area contributed by atoms with Crippen molar-refractivity contribution in [1.29, 1.82) is 0 Å².